The van der Waals surface area contributed by atoms with Crippen molar-refractivity contribution in [3.63, 3.8) is 0 Å². The molecule has 0 aromatic heterocycles. The Kier molecular flexibility index (Phi) is 4.56. The first-order valence-electron chi connectivity index (χ1n) is 5.92. The van der Waals surface area contributed by atoms with E-state index in [1.807, 2.05) is 37.3 Å². The maximum Gasteiger partial charge on any atom is 0.141 e. The predicted octanol–water partition coefficient (Wildman–Crippen LogP) is 4.92. The lowest BCUT2D eigenvalue weighted by Gasteiger charge is -2.13. The molecule has 0 fully saturated rings. The zero-order valence-corrected chi connectivity index (χ0v) is 12.3. The average Bonchev–Trinajstić information content (AvgIpc) is 2.38. The summed E-state index contributed by atoms with van der Waals surface area (Å²) in [5, 5.41) is 4.63. The summed E-state index contributed by atoms with van der Waals surface area (Å²) in [6.45, 7) is 2.66. The van der Waals surface area contributed by atoms with E-state index >= 15 is 0 Å². The average molecular weight is 296 g/mol. The van der Waals surface area contributed by atoms with Gasteiger partial charge in [-0.05, 0) is 42.3 Å². The molecule has 0 bridgehead atoms. The maximum atomic E-state index is 6.14. The Hall–Kier alpha value is -1.38. The summed E-state index contributed by atoms with van der Waals surface area (Å²) < 4.78 is 5.32. The highest BCUT2D eigenvalue weighted by atomic mass is 35.5. The maximum absolute atomic E-state index is 6.14. The standard InChI is InChI=1S/C15H15Cl2NO/c1-10-3-6-15(19-2)14(7-10)18-9-11-4-5-12(16)8-13(11)17/h3-8,18H,9H2,1-2H3. The van der Waals surface area contributed by atoms with Gasteiger partial charge in [0.15, 0.2) is 0 Å². The molecule has 0 atom stereocenters. The summed E-state index contributed by atoms with van der Waals surface area (Å²) >= 11 is 12.0. The fourth-order valence-corrected chi connectivity index (χ4v) is 2.29. The molecular formula is C15H15Cl2NO. The highest BCUT2D eigenvalue weighted by molar-refractivity contribution is 6.35. The van der Waals surface area contributed by atoms with Crippen LogP contribution in [-0.4, -0.2) is 7.11 Å². The Balaban J connectivity index is 2.16. The lowest BCUT2D eigenvalue weighted by molar-refractivity contribution is 0.416. The zero-order valence-electron chi connectivity index (χ0n) is 10.8. The van der Waals surface area contributed by atoms with Crippen molar-refractivity contribution in [2.45, 2.75) is 13.5 Å². The molecule has 0 saturated heterocycles. The van der Waals surface area contributed by atoms with E-state index in [2.05, 4.69) is 5.32 Å². The van der Waals surface area contributed by atoms with Crippen LogP contribution in [0.3, 0.4) is 0 Å². The molecule has 0 saturated carbocycles. The van der Waals surface area contributed by atoms with Gasteiger partial charge in [0.05, 0.1) is 12.8 Å². The molecule has 0 amide bonds. The van der Waals surface area contributed by atoms with E-state index in [-0.39, 0.29) is 0 Å². The van der Waals surface area contributed by atoms with E-state index in [0.29, 0.717) is 16.6 Å². The van der Waals surface area contributed by atoms with Crippen molar-refractivity contribution >= 4 is 28.9 Å². The molecule has 2 nitrogen and oxygen atoms in total. The summed E-state index contributed by atoms with van der Waals surface area (Å²) in [6.07, 6.45) is 0. The second-order valence-corrected chi connectivity index (χ2v) is 5.14. The molecule has 0 spiro atoms. The van der Waals surface area contributed by atoms with Gasteiger partial charge in [0.1, 0.15) is 5.75 Å². The third kappa shape index (κ3) is 3.55. The van der Waals surface area contributed by atoms with E-state index in [0.717, 1.165) is 17.0 Å². The summed E-state index contributed by atoms with van der Waals surface area (Å²) in [4.78, 5) is 0. The van der Waals surface area contributed by atoms with Gasteiger partial charge in [0, 0.05) is 16.6 Å². The normalized spacial score (nSPS) is 10.3. The van der Waals surface area contributed by atoms with Gasteiger partial charge in [0.25, 0.3) is 0 Å². The summed E-state index contributed by atoms with van der Waals surface area (Å²) in [7, 11) is 1.66. The monoisotopic (exact) mass is 295 g/mol. The molecule has 0 unspecified atom stereocenters. The number of ether oxygens (including phenoxy) is 1. The molecular weight excluding hydrogens is 281 g/mol. The van der Waals surface area contributed by atoms with Crippen molar-refractivity contribution in [1.29, 1.82) is 0 Å². The van der Waals surface area contributed by atoms with Crippen molar-refractivity contribution < 1.29 is 4.74 Å². The van der Waals surface area contributed by atoms with Gasteiger partial charge < -0.3 is 10.1 Å². The number of anilines is 1. The fraction of sp³-hybridized carbons (Fsp3) is 0.200. The number of halogens is 2. The number of methoxy groups -OCH3 is 1. The lowest BCUT2D eigenvalue weighted by Crippen LogP contribution is -2.02. The third-order valence-corrected chi connectivity index (χ3v) is 3.43. The zero-order chi connectivity index (χ0) is 13.8. The Morgan fingerprint density at radius 3 is 2.58 bits per heavy atom. The van der Waals surface area contributed by atoms with Crippen molar-refractivity contribution in [2.24, 2.45) is 0 Å². The Morgan fingerprint density at radius 1 is 1.11 bits per heavy atom. The first-order valence-corrected chi connectivity index (χ1v) is 6.68. The van der Waals surface area contributed by atoms with Crippen molar-refractivity contribution in [3.8, 4) is 5.75 Å². The van der Waals surface area contributed by atoms with Gasteiger partial charge in [-0.1, -0.05) is 35.3 Å². The van der Waals surface area contributed by atoms with Gasteiger partial charge in [-0.15, -0.1) is 0 Å². The highest BCUT2D eigenvalue weighted by Gasteiger charge is 2.05. The van der Waals surface area contributed by atoms with E-state index < -0.39 is 0 Å². The molecule has 100 valence electrons. The summed E-state index contributed by atoms with van der Waals surface area (Å²) in [5.74, 6) is 0.815. The number of hydrogen-bond donors (Lipinski definition) is 1. The lowest BCUT2D eigenvalue weighted by atomic mass is 10.2. The van der Waals surface area contributed by atoms with E-state index in [1.165, 1.54) is 5.56 Å². The smallest absolute Gasteiger partial charge is 0.141 e. The van der Waals surface area contributed by atoms with Crippen molar-refractivity contribution in [2.75, 3.05) is 12.4 Å². The van der Waals surface area contributed by atoms with Crippen LogP contribution in [0.1, 0.15) is 11.1 Å². The van der Waals surface area contributed by atoms with Crippen molar-refractivity contribution in [1.82, 2.24) is 0 Å². The minimum atomic E-state index is 0.621. The first-order chi connectivity index (χ1) is 9.10. The highest BCUT2D eigenvalue weighted by Crippen LogP contribution is 2.27. The number of benzene rings is 2. The molecule has 0 aliphatic rings. The van der Waals surface area contributed by atoms with Gasteiger partial charge in [0.2, 0.25) is 0 Å². The molecule has 0 aliphatic carbocycles. The first kappa shape index (κ1) is 14.0. The van der Waals surface area contributed by atoms with E-state index in [1.54, 1.807) is 13.2 Å². The summed E-state index contributed by atoms with van der Waals surface area (Å²) in [6, 6.07) is 11.5. The van der Waals surface area contributed by atoms with Crippen LogP contribution in [0.4, 0.5) is 5.69 Å². The SMILES string of the molecule is COc1ccc(C)cc1NCc1ccc(Cl)cc1Cl. The van der Waals surface area contributed by atoms with Gasteiger partial charge >= 0.3 is 0 Å². The number of hydrogen-bond acceptors (Lipinski definition) is 2. The van der Waals surface area contributed by atoms with Gasteiger partial charge in [-0.2, -0.15) is 0 Å². The molecule has 1 N–H and O–H groups in total. The van der Waals surface area contributed by atoms with E-state index in [4.69, 9.17) is 27.9 Å². The molecule has 0 radical (unpaired) electrons. The molecule has 2 rings (SSSR count). The van der Waals surface area contributed by atoms with Crippen LogP contribution < -0.4 is 10.1 Å². The van der Waals surface area contributed by atoms with Crippen LogP contribution in [0.15, 0.2) is 36.4 Å². The largest absolute Gasteiger partial charge is 0.495 e. The van der Waals surface area contributed by atoms with E-state index in [9.17, 15) is 0 Å². The van der Waals surface area contributed by atoms with Crippen LogP contribution in [0.5, 0.6) is 5.75 Å². The van der Waals surface area contributed by atoms with Gasteiger partial charge in [-0.25, -0.2) is 0 Å². The van der Waals surface area contributed by atoms with Gasteiger partial charge in [-0.3, -0.25) is 0 Å². The molecule has 2 aromatic rings. The number of aryl methyl sites for hydroxylation is 1. The Morgan fingerprint density at radius 2 is 1.89 bits per heavy atom. The summed E-state index contributed by atoms with van der Waals surface area (Å²) in [5.41, 5.74) is 3.12. The molecule has 2 aromatic carbocycles. The van der Waals surface area contributed by atoms with Crippen LogP contribution in [0, 0.1) is 6.92 Å². The Labute approximate surface area is 123 Å². The molecule has 4 heteroatoms. The van der Waals surface area contributed by atoms with Crippen LogP contribution in [0.25, 0.3) is 0 Å². The number of nitrogens with one attached hydrogen (secondary N) is 1. The second kappa shape index (κ2) is 6.18. The molecule has 0 heterocycles. The second-order valence-electron chi connectivity index (χ2n) is 4.29. The minimum Gasteiger partial charge on any atom is -0.495 e. The predicted molar refractivity (Wildman–Crippen MR) is 81.5 cm³/mol. The quantitative estimate of drug-likeness (QED) is 0.864. The fourth-order valence-electron chi connectivity index (χ4n) is 1.82. The van der Waals surface area contributed by atoms with Crippen LogP contribution >= 0.6 is 23.2 Å². The molecule has 0 aliphatic heterocycles. The minimum absolute atomic E-state index is 0.621. The number of rotatable bonds is 4. The van der Waals surface area contributed by atoms with Crippen LogP contribution in [0.2, 0.25) is 10.0 Å². The molecule has 19 heavy (non-hydrogen) atoms. The third-order valence-electron chi connectivity index (χ3n) is 2.84. The van der Waals surface area contributed by atoms with Crippen molar-refractivity contribution in [3.05, 3.63) is 57.6 Å². The topological polar surface area (TPSA) is 21.3 Å². The van der Waals surface area contributed by atoms with Crippen LogP contribution in [-0.2, 0) is 6.54 Å². The Bertz CT molecular complexity index is 584.